The van der Waals surface area contributed by atoms with Crippen LogP contribution in [0.4, 0.5) is 4.39 Å². The number of nitrogens with one attached hydrogen (secondary N) is 1. The number of likely N-dealkylation sites (tertiary alicyclic amines) is 1. The van der Waals surface area contributed by atoms with Gasteiger partial charge >= 0.3 is 0 Å². The number of likely N-dealkylation sites (N-methyl/N-ethyl adjacent to an activating group) is 1. The van der Waals surface area contributed by atoms with E-state index < -0.39 is 5.82 Å². The average molecular weight is 521 g/mol. The summed E-state index contributed by atoms with van der Waals surface area (Å²) in [5, 5.41) is 11.9. The minimum Gasteiger partial charge on any atom is -0.493 e. The Morgan fingerprint density at radius 1 is 1.21 bits per heavy atom. The minimum absolute atomic E-state index is 0.0475. The number of nitrogens with zero attached hydrogens (tertiary/aromatic N) is 7. The molecule has 1 saturated heterocycles. The van der Waals surface area contributed by atoms with Gasteiger partial charge in [0.05, 0.1) is 19.3 Å². The summed E-state index contributed by atoms with van der Waals surface area (Å²) in [7, 11) is 5.12. The molecule has 4 aromatic heterocycles. The molecule has 1 fully saturated rings. The first-order chi connectivity index (χ1) is 18.3. The maximum atomic E-state index is 15.5. The Labute approximate surface area is 220 Å². The fourth-order valence-corrected chi connectivity index (χ4v) is 5.10. The monoisotopic (exact) mass is 520 g/mol. The molecule has 11 heteroatoms. The van der Waals surface area contributed by atoms with Gasteiger partial charge in [-0.05, 0) is 55.5 Å². The molecule has 10 nitrogen and oxygen atoms in total. The van der Waals surface area contributed by atoms with E-state index in [4.69, 9.17) is 4.74 Å². The topological polar surface area (TPSA) is 105 Å². The van der Waals surface area contributed by atoms with Crippen molar-refractivity contribution in [2.75, 3.05) is 40.8 Å². The molecule has 0 bridgehead atoms. The van der Waals surface area contributed by atoms with Crippen LogP contribution in [0.5, 0.6) is 5.75 Å². The third kappa shape index (κ3) is 4.85. The second-order valence-electron chi connectivity index (χ2n) is 10.3. The molecule has 38 heavy (non-hydrogen) atoms. The van der Waals surface area contributed by atoms with Gasteiger partial charge in [0.15, 0.2) is 17.2 Å². The molecule has 0 atom stereocenters. The van der Waals surface area contributed by atoms with Crippen LogP contribution in [0.25, 0.3) is 28.3 Å². The van der Waals surface area contributed by atoms with Gasteiger partial charge in [-0.3, -0.25) is 19.8 Å². The molecule has 0 aromatic carbocycles. The first-order valence-corrected chi connectivity index (χ1v) is 12.8. The van der Waals surface area contributed by atoms with E-state index in [2.05, 4.69) is 30.2 Å². The number of methoxy groups -OCH3 is 1. The molecule has 1 aliphatic rings. The second kappa shape index (κ2) is 10.5. The number of fused-ring (bicyclic) bond motifs is 1. The summed E-state index contributed by atoms with van der Waals surface area (Å²) in [5.74, 6) is 0.539. The van der Waals surface area contributed by atoms with Crippen LogP contribution in [0.3, 0.4) is 0 Å². The number of aromatic amines is 1. The normalized spacial score (nSPS) is 14.9. The third-order valence-electron chi connectivity index (χ3n) is 7.23. The van der Waals surface area contributed by atoms with Crippen LogP contribution >= 0.6 is 0 Å². The molecule has 1 aliphatic heterocycles. The number of rotatable bonds is 7. The number of carbonyl (C=O) groups excluding carboxylic acids is 1. The van der Waals surface area contributed by atoms with E-state index >= 15 is 4.39 Å². The van der Waals surface area contributed by atoms with E-state index in [1.165, 1.54) is 6.33 Å². The highest BCUT2D eigenvalue weighted by molar-refractivity contribution is 5.77. The molecule has 1 amide bonds. The molecule has 0 radical (unpaired) electrons. The van der Waals surface area contributed by atoms with E-state index in [1.54, 1.807) is 42.9 Å². The molecular weight excluding hydrogens is 487 g/mol. The van der Waals surface area contributed by atoms with Crippen molar-refractivity contribution < 1.29 is 13.9 Å². The van der Waals surface area contributed by atoms with Crippen molar-refractivity contribution in [2.45, 2.75) is 38.5 Å². The van der Waals surface area contributed by atoms with Crippen LogP contribution in [-0.4, -0.2) is 86.3 Å². The lowest BCUT2D eigenvalue weighted by molar-refractivity contribution is -0.130. The summed E-state index contributed by atoms with van der Waals surface area (Å²) in [4.78, 5) is 24.6. The second-order valence-corrected chi connectivity index (χ2v) is 10.3. The van der Waals surface area contributed by atoms with Crippen molar-refractivity contribution in [3.05, 3.63) is 47.8 Å². The van der Waals surface area contributed by atoms with Gasteiger partial charge in [-0.15, -0.1) is 0 Å². The van der Waals surface area contributed by atoms with Crippen LogP contribution in [-0.2, 0) is 4.79 Å². The van der Waals surface area contributed by atoms with Crippen molar-refractivity contribution in [3.63, 3.8) is 0 Å². The molecule has 4 aromatic rings. The number of hydrogen-bond acceptors (Lipinski definition) is 7. The van der Waals surface area contributed by atoms with E-state index in [9.17, 15) is 4.79 Å². The van der Waals surface area contributed by atoms with Gasteiger partial charge in [0.2, 0.25) is 5.91 Å². The lowest BCUT2D eigenvalue weighted by atomic mass is 9.89. The number of halogens is 1. The molecule has 0 aliphatic carbocycles. The summed E-state index contributed by atoms with van der Waals surface area (Å²) in [6.07, 6.45) is 6.80. The first kappa shape index (κ1) is 25.8. The lowest BCUT2D eigenvalue weighted by Crippen LogP contribution is -2.40. The van der Waals surface area contributed by atoms with Gasteiger partial charge in [0.1, 0.15) is 17.7 Å². The highest BCUT2D eigenvalue weighted by Crippen LogP contribution is 2.38. The highest BCUT2D eigenvalue weighted by Gasteiger charge is 2.26. The standard InChI is InChI=1S/C27H33FN8O2/c1-16(2)23-24(19-11-21(38-5)27-30-15-31-36(27)13-19)32-33-26(23)25-20(28)10-18(12-29-25)17-6-8-35(9-7-17)14-22(37)34(3)4/h10-13,15-17H,6-9,14H2,1-5H3,(H,32,33). The summed E-state index contributed by atoms with van der Waals surface area (Å²) < 4.78 is 22.7. The van der Waals surface area contributed by atoms with Crippen molar-refractivity contribution >= 4 is 11.6 Å². The van der Waals surface area contributed by atoms with Crippen molar-refractivity contribution in [2.24, 2.45) is 0 Å². The molecule has 1 N–H and O–H groups in total. The largest absolute Gasteiger partial charge is 0.493 e. The Kier molecular flexibility index (Phi) is 7.11. The molecule has 0 saturated carbocycles. The van der Waals surface area contributed by atoms with E-state index in [0.29, 0.717) is 23.6 Å². The number of amides is 1. The Morgan fingerprint density at radius 2 is 1.97 bits per heavy atom. The molecule has 5 heterocycles. The van der Waals surface area contributed by atoms with E-state index in [0.717, 1.165) is 48.3 Å². The van der Waals surface area contributed by atoms with Gasteiger partial charge in [0.25, 0.3) is 0 Å². The highest BCUT2D eigenvalue weighted by atomic mass is 19.1. The summed E-state index contributed by atoms with van der Waals surface area (Å²) >= 11 is 0. The SMILES string of the molecule is COc1cc(-c2[nH]nc(-c3ncc(C4CCN(CC(=O)N(C)C)CC4)cc3F)c2C(C)C)cn2ncnc12. The number of piperidine rings is 1. The maximum absolute atomic E-state index is 15.5. The van der Waals surface area contributed by atoms with Gasteiger partial charge in [0, 0.05) is 37.6 Å². The van der Waals surface area contributed by atoms with Crippen molar-refractivity contribution in [1.29, 1.82) is 0 Å². The van der Waals surface area contributed by atoms with Crippen LogP contribution in [0.15, 0.2) is 30.9 Å². The van der Waals surface area contributed by atoms with Gasteiger partial charge in [-0.1, -0.05) is 13.8 Å². The maximum Gasteiger partial charge on any atom is 0.236 e. The number of H-pyrrole nitrogens is 1. The Hall–Kier alpha value is -3.86. The van der Waals surface area contributed by atoms with Gasteiger partial charge in [-0.25, -0.2) is 13.9 Å². The Morgan fingerprint density at radius 3 is 2.63 bits per heavy atom. The molecular formula is C27H33FN8O2. The van der Waals surface area contributed by atoms with Crippen LogP contribution < -0.4 is 4.74 Å². The number of ether oxygens (including phenoxy) is 1. The van der Waals surface area contributed by atoms with E-state index in [-0.39, 0.29) is 23.4 Å². The fraction of sp³-hybridized carbons (Fsp3) is 0.444. The predicted octanol–water partition coefficient (Wildman–Crippen LogP) is 3.72. The van der Waals surface area contributed by atoms with Crippen LogP contribution in [0.2, 0.25) is 0 Å². The number of carbonyl (C=O) groups is 1. The summed E-state index contributed by atoms with van der Waals surface area (Å²) in [6, 6.07) is 3.47. The van der Waals surface area contributed by atoms with E-state index in [1.807, 2.05) is 26.1 Å². The molecule has 0 spiro atoms. The summed E-state index contributed by atoms with van der Waals surface area (Å²) in [6.45, 7) is 6.11. The third-order valence-corrected chi connectivity index (χ3v) is 7.23. The zero-order chi connectivity index (χ0) is 27.0. The minimum atomic E-state index is -0.392. The smallest absolute Gasteiger partial charge is 0.236 e. The van der Waals surface area contributed by atoms with Crippen molar-refractivity contribution in [3.8, 4) is 28.4 Å². The number of hydrogen-bond donors (Lipinski definition) is 1. The number of pyridine rings is 2. The first-order valence-electron chi connectivity index (χ1n) is 12.8. The summed E-state index contributed by atoms with van der Waals surface area (Å²) in [5.41, 5.74) is 4.64. The zero-order valence-corrected chi connectivity index (χ0v) is 22.4. The number of aromatic nitrogens is 6. The quantitative estimate of drug-likeness (QED) is 0.396. The molecule has 5 rings (SSSR count). The van der Waals surface area contributed by atoms with Crippen LogP contribution in [0, 0.1) is 5.82 Å². The zero-order valence-electron chi connectivity index (χ0n) is 22.4. The van der Waals surface area contributed by atoms with Crippen molar-refractivity contribution in [1.82, 2.24) is 39.6 Å². The van der Waals surface area contributed by atoms with Crippen LogP contribution in [0.1, 0.15) is 49.7 Å². The fourth-order valence-electron chi connectivity index (χ4n) is 5.10. The Bertz CT molecular complexity index is 1450. The lowest BCUT2D eigenvalue weighted by Gasteiger charge is -2.32. The van der Waals surface area contributed by atoms with Gasteiger partial charge in [-0.2, -0.15) is 10.2 Å². The average Bonchev–Trinajstić information content (AvgIpc) is 3.56. The molecule has 0 unspecified atom stereocenters. The van der Waals surface area contributed by atoms with Gasteiger partial charge < -0.3 is 9.64 Å². The Balaban J connectivity index is 1.41. The molecule has 200 valence electrons. The predicted molar refractivity (Wildman–Crippen MR) is 142 cm³/mol.